The number of fused-ring (bicyclic) bond motifs is 1. The highest BCUT2D eigenvalue weighted by atomic mass is 16.2. The molecule has 26 heavy (non-hydrogen) atoms. The molecule has 2 amide bonds. The number of hydrogen-bond donors (Lipinski definition) is 0. The zero-order chi connectivity index (χ0) is 18.8. The third-order valence-corrected chi connectivity index (χ3v) is 5.83. The first-order chi connectivity index (χ1) is 12.5. The van der Waals surface area contributed by atoms with Crippen molar-refractivity contribution in [1.29, 1.82) is 0 Å². The van der Waals surface area contributed by atoms with Gasteiger partial charge in [0, 0.05) is 55.7 Å². The molecule has 0 N–H and O–H groups in total. The number of carbonyl (C=O) groups is 2. The van der Waals surface area contributed by atoms with E-state index in [-0.39, 0.29) is 17.7 Å². The Morgan fingerprint density at radius 3 is 2.19 bits per heavy atom. The van der Waals surface area contributed by atoms with E-state index in [1.165, 1.54) is 0 Å². The molecule has 1 aromatic heterocycles. The fraction of sp³-hybridized carbons (Fsp3) is 0.524. The minimum Gasteiger partial charge on any atom is -0.347 e. The summed E-state index contributed by atoms with van der Waals surface area (Å²) in [5.41, 5.74) is 2.87. The molecule has 1 aliphatic heterocycles. The summed E-state index contributed by atoms with van der Waals surface area (Å²) in [6.07, 6.45) is 1.76. The predicted molar refractivity (Wildman–Crippen MR) is 104 cm³/mol. The molecule has 1 aliphatic rings. The van der Waals surface area contributed by atoms with Crippen LogP contribution in [0.2, 0.25) is 0 Å². The van der Waals surface area contributed by atoms with Gasteiger partial charge in [-0.3, -0.25) is 9.59 Å². The summed E-state index contributed by atoms with van der Waals surface area (Å²) >= 11 is 0. The quantitative estimate of drug-likeness (QED) is 0.845. The standard InChI is InChI=1S/C21H29N3O2/c1-5-16(6-2)20(25)23-11-13-24(14-12-23)21(26)19-15(3)22(4)18-10-8-7-9-17(18)19/h7-10,16H,5-6,11-14H2,1-4H3. The van der Waals surface area contributed by atoms with Gasteiger partial charge in [0.05, 0.1) is 5.56 Å². The number of aryl methyl sites for hydroxylation is 1. The molecule has 5 heteroatoms. The van der Waals surface area contributed by atoms with E-state index in [1.807, 2.05) is 48.0 Å². The average molecular weight is 355 g/mol. The maximum absolute atomic E-state index is 13.2. The van der Waals surface area contributed by atoms with Crippen molar-refractivity contribution in [3.05, 3.63) is 35.5 Å². The second-order valence-corrected chi connectivity index (χ2v) is 7.17. The normalized spacial score (nSPS) is 15.1. The molecule has 0 spiro atoms. The van der Waals surface area contributed by atoms with E-state index < -0.39 is 0 Å². The number of hydrogen-bond acceptors (Lipinski definition) is 2. The van der Waals surface area contributed by atoms with Crippen LogP contribution in [0.1, 0.15) is 42.7 Å². The predicted octanol–water partition coefficient (Wildman–Crippen LogP) is 3.21. The zero-order valence-electron chi connectivity index (χ0n) is 16.3. The van der Waals surface area contributed by atoms with Gasteiger partial charge in [-0.05, 0) is 25.8 Å². The largest absolute Gasteiger partial charge is 0.347 e. The van der Waals surface area contributed by atoms with E-state index in [4.69, 9.17) is 0 Å². The van der Waals surface area contributed by atoms with Crippen LogP contribution in [0.4, 0.5) is 0 Å². The van der Waals surface area contributed by atoms with E-state index in [9.17, 15) is 9.59 Å². The minimum absolute atomic E-state index is 0.0777. The van der Waals surface area contributed by atoms with Crippen molar-refractivity contribution >= 4 is 22.7 Å². The number of piperazine rings is 1. The summed E-state index contributed by atoms with van der Waals surface area (Å²) in [6.45, 7) is 8.60. The lowest BCUT2D eigenvalue weighted by Gasteiger charge is -2.36. The summed E-state index contributed by atoms with van der Waals surface area (Å²) in [6, 6.07) is 8.04. The lowest BCUT2D eigenvalue weighted by molar-refractivity contribution is -0.137. The van der Waals surface area contributed by atoms with Crippen molar-refractivity contribution in [3.8, 4) is 0 Å². The SMILES string of the molecule is CCC(CC)C(=O)N1CCN(C(=O)c2c(C)n(C)c3ccccc23)CC1. The Hall–Kier alpha value is -2.30. The molecule has 0 saturated carbocycles. The lowest BCUT2D eigenvalue weighted by atomic mass is 10.0. The third kappa shape index (κ3) is 3.11. The average Bonchev–Trinajstić information content (AvgIpc) is 2.93. The highest BCUT2D eigenvalue weighted by Crippen LogP contribution is 2.26. The van der Waals surface area contributed by atoms with Crippen molar-refractivity contribution in [3.63, 3.8) is 0 Å². The molecule has 0 radical (unpaired) electrons. The number of benzene rings is 1. The second kappa shape index (κ2) is 7.52. The number of amides is 2. The van der Waals surface area contributed by atoms with Gasteiger partial charge in [-0.2, -0.15) is 0 Å². The van der Waals surface area contributed by atoms with Crippen LogP contribution >= 0.6 is 0 Å². The van der Waals surface area contributed by atoms with Gasteiger partial charge in [-0.25, -0.2) is 0 Å². The van der Waals surface area contributed by atoms with Gasteiger partial charge in [-0.15, -0.1) is 0 Å². The summed E-state index contributed by atoms with van der Waals surface area (Å²) in [7, 11) is 2.00. The van der Waals surface area contributed by atoms with Crippen LogP contribution < -0.4 is 0 Å². The highest BCUT2D eigenvalue weighted by molar-refractivity contribution is 6.08. The van der Waals surface area contributed by atoms with Gasteiger partial charge in [0.25, 0.3) is 5.91 Å². The second-order valence-electron chi connectivity index (χ2n) is 7.17. The highest BCUT2D eigenvalue weighted by Gasteiger charge is 2.29. The third-order valence-electron chi connectivity index (χ3n) is 5.83. The summed E-state index contributed by atoms with van der Waals surface area (Å²) in [5.74, 6) is 0.426. The Morgan fingerprint density at radius 2 is 1.58 bits per heavy atom. The Balaban J connectivity index is 1.76. The summed E-state index contributed by atoms with van der Waals surface area (Å²) in [4.78, 5) is 29.6. The van der Waals surface area contributed by atoms with Crippen LogP contribution in [0.15, 0.2) is 24.3 Å². The fourth-order valence-corrected chi connectivity index (χ4v) is 3.97. The van der Waals surface area contributed by atoms with Gasteiger partial charge in [0.2, 0.25) is 5.91 Å². The number of nitrogens with zero attached hydrogens (tertiary/aromatic N) is 3. The fourth-order valence-electron chi connectivity index (χ4n) is 3.97. The number of carbonyl (C=O) groups excluding carboxylic acids is 2. The van der Waals surface area contributed by atoms with Crippen LogP contribution in [0.5, 0.6) is 0 Å². The van der Waals surface area contributed by atoms with Crippen molar-refractivity contribution < 1.29 is 9.59 Å². The first kappa shape index (κ1) is 18.5. The van der Waals surface area contributed by atoms with E-state index in [0.717, 1.165) is 35.0 Å². The maximum Gasteiger partial charge on any atom is 0.256 e. The number of para-hydroxylation sites is 1. The molecular weight excluding hydrogens is 326 g/mol. The molecule has 0 unspecified atom stereocenters. The first-order valence-electron chi connectivity index (χ1n) is 9.61. The van der Waals surface area contributed by atoms with E-state index in [0.29, 0.717) is 26.2 Å². The van der Waals surface area contributed by atoms with Gasteiger partial charge in [-0.1, -0.05) is 32.0 Å². The minimum atomic E-state index is 0.0777. The number of rotatable bonds is 4. The molecule has 5 nitrogen and oxygen atoms in total. The molecule has 0 aliphatic carbocycles. The topological polar surface area (TPSA) is 45.6 Å². The van der Waals surface area contributed by atoms with E-state index >= 15 is 0 Å². The van der Waals surface area contributed by atoms with Gasteiger partial charge in [0.15, 0.2) is 0 Å². The van der Waals surface area contributed by atoms with Gasteiger partial charge < -0.3 is 14.4 Å². The lowest BCUT2D eigenvalue weighted by Crippen LogP contribution is -2.52. The number of aromatic nitrogens is 1. The molecule has 0 atom stereocenters. The van der Waals surface area contributed by atoms with Crippen LogP contribution in [-0.4, -0.2) is 52.4 Å². The molecule has 2 aromatic rings. The van der Waals surface area contributed by atoms with Crippen LogP contribution in [0.3, 0.4) is 0 Å². The van der Waals surface area contributed by atoms with Crippen molar-refractivity contribution in [2.75, 3.05) is 26.2 Å². The first-order valence-corrected chi connectivity index (χ1v) is 9.61. The summed E-state index contributed by atoms with van der Waals surface area (Å²) < 4.78 is 2.08. The van der Waals surface area contributed by atoms with Gasteiger partial charge >= 0.3 is 0 Å². The van der Waals surface area contributed by atoms with Crippen molar-refractivity contribution in [1.82, 2.24) is 14.4 Å². The summed E-state index contributed by atoms with van der Waals surface area (Å²) in [5, 5.41) is 1.01. The van der Waals surface area contributed by atoms with Crippen molar-refractivity contribution in [2.45, 2.75) is 33.6 Å². The molecule has 3 rings (SSSR count). The molecule has 2 heterocycles. The van der Waals surface area contributed by atoms with E-state index in [2.05, 4.69) is 18.4 Å². The maximum atomic E-state index is 13.2. The van der Waals surface area contributed by atoms with Crippen LogP contribution in [0.25, 0.3) is 10.9 Å². The van der Waals surface area contributed by atoms with E-state index in [1.54, 1.807) is 0 Å². The zero-order valence-corrected chi connectivity index (χ0v) is 16.3. The smallest absolute Gasteiger partial charge is 0.256 e. The van der Waals surface area contributed by atoms with Crippen molar-refractivity contribution in [2.24, 2.45) is 13.0 Å². The molecule has 1 saturated heterocycles. The Bertz CT molecular complexity index is 812. The molecule has 1 aromatic carbocycles. The Morgan fingerprint density at radius 1 is 1.00 bits per heavy atom. The molecular formula is C21H29N3O2. The van der Waals surface area contributed by atoms with Crippen LogP contribution in [-0.2, 0) is 11.8 Å². The monoisotopic (exact) mass is 355 g/mol. The van der Waals surface area contributed by atoms with Gasteiger partial charge in [0.1, 0.15) is 0 Å². The Kier molecular flexibility index (Phi) is 5.35. The molecule has 1 fully saturated rings. The molecule has 140 valence electrons. The molecule has 0 bridgehead atoms. The Labute approximate surface area is 155 Å². The van der Waals surface area contributed by atoms with Crippen LogP contribution in [0, 0.1) is 12.8 Å².